The van der Waals surface area contributed by atoms with Crippen LogP contribution in [0.3, 0.4) is 0 Å². The second kappa shape index (κ2) is 7.50. The number of pyridine rings is 2. The van der Waals surface area contributed by atoms with Gasteiger partial charge in [-0.05, 0) is 42.7 Å². The minimum absolute atomic E-state index is 0.667. The Labute approximate surface area is 193 Å². The van der Waals surface area contributed by atoms with E-state index in [1.165, 1.54) is 50.3 Å². The summed E-state index contributed by atoms with van der Waals surface area (Å²) in [5, 5.41) is 0. The average molecular weight is 440 g/mol. The van der Waals surface area contributed by atoms with Gasteiger partial charge in [-0.2, -0.15) is 0 Å². The number of aliphatic imine (C=N–C) groups is 1. The van der Waals surface area contributed by atoms with Crippen LogP contribution in [0.15, 0.2) is 47.6 Å². The number of rotatable bonds is 4. The average Bonchev–Trinajstić information content (AvgIpc) is 3.58. The minimum atomic E-state index is 0.667. The predicted octanol–water partition coefficient (Wildman–Crippen LogP) is 2.81. The maximum atomic E-state index is 5.91. The van der Waals surface area contributed by atoms with Crippen LogP contribution in [0.2, 0.25) is 0 Å². The lowest BCUT2D eigenvalue weighted by molar-refractivity contribution is 0.0793. The molecule has 0 atom stereocenters. The van der Waals surface area contributed by atoms with E-state index in [1.54, 1.807) is 0 Å². The molecule has 3 aliphatic heterocycles. The highest BCUT2D eigenvalue weighted by molar-refractivity contribution is 5.92. The first-order valence-corrected chi connectivity index (χ1v) is 12.2. The molecule has 2 aromatic heterocycles. The summed E-state index contributed by atoms with van der Waals surface area (Å²) >= 11 is 0. The van der Waals surface area contributed by atoms with Crippen molar-refractivity contribution in [2.75, 3.05) is 44.2 Å². The van der Waals surface area contributed by atoms with Crippen molar-refractivity contribution in [3.05, 3.63) is 48.2 Å². The summed E-state index contributed by atoms with van der Waals surface area (Å²) in [6.45, 7) is 7.08. The lowest BCUT2D eigenvalue weighted by Crippen LogP contribution is -2.63. The third-order valence-electron chi connectivity index (χ3n) is 7.70. The van der Waals surface area contributed by atoms with E-state index in [0.29, 0.717) is 11.9 Å². The SMILES string of the molecule is NC1=Nc2cc(-c3ccc4ncc(N5CC(N6CCN(C7CC7)CC6)C5)cc4n3)ccc2C1. The second-order valence-electron chi connectivity index (χ2n) is 9.91. The van der Waals surface area contributed by atoms with Gasteiger partial charge in [-0.15, -0.1) is 0 Å². The molecule has 1 aliphatic carbocycles. The van der Waals surface area contributed by atoms with Crippen molar-refractivity contribution < 1.29 is 0 Å². The van der Waals surface area contributed by atoms with Crippen LogP contribution >= 0.6 is 0 Å². The maximum Gasteiger partial charge on any atom is 0.104 e. The van der Waals surface area contributed by atoms with Gasteiger partial charge in [-0.1, -0.05) is 12.1 Å². The van der Waals surface area contributed by atoms with Crippen LogP contribution in [0.25, 0.3) is 22.3 Å². The summed E-state index contributed by atoms with van der Waals surface area (Å²) in [6, 6.07) is 14.2. The van der Waals surface area contributed by atoms with Crippen molar-refractivity contribution >= 4 is 28.2 Å². The summed E-state index contributed by atoms with van der Waals surface area (Å²) in [7, 11) is 0. The number of hydrogen-bond acceptors (Lipinski definition) is 7. The third-order valence-corrected chi connectivity index (χ3v) is 7.70. The van der Waals surface area contributed by atoms with Gasteiger partial charge in [0, 0.05) is 63.3 Å². The van der Waals surface area contributed by atoms with Gasteiger partial charge >= 0.3 is 0 Å². The van der Waals surface area contributed by atoms with E-state index >= 15 is 0 Å². The molecule has 2 saturated heterocycles. The standard InChI is InChI=1S/C26H29N7/c27-26-12-18-2-1-17(11-24(18)30-26)22-5-6-23-25(29-22)13-20(14-28-23)33-15-21(16-33)32-9-7-31(8-10-32)19-3-4-19/h1-2,5-6,11,13-14,19,21H,3-4,7-10,12,15-16H2,(H2,27,30). The fourth-order valence-electron chi connectivity index (χ4n) is 5.50. The lowest BCUT2D eigenvalue weighted by Gasteiger charge is -2.49. The van der Waals surface area contributed by atoms with Crippen LogP contribution in [0, 0.1) is 0 Å². The van der Waals surface area contributed by atoms with E-state index in [1.807, 2.05) is 12.3 Å². The van der Waals surface area contributed by atoms with Gasteiger partial charge in [0.2, 0.25) is 0 Å². The molecule has 5 heterocycles. The first-order valence-electron chi connectivity index (χ1n) is 12.2. The number of fused-ring (bicyclic) bond motifs is 2. The Balaban J connectivity index is 1.07. The molecule has 1 aromatic carbocycles. The largest absolute Gasteiger partial charge is 0.387 e. The molecule has 4 aliphatic rings. The fourth-order valence-corrected chi connectivity index (χ4v) is 5.50. The zero-order valence-corrected chi connectivity index (χ0v) is 18.8. The second-order valence-corrected chi connectivity index (χ2v) is 9.91. The predicted molar refractivity (Wildman–Crippen MR) is 132 cm³/mol. The number of piperazine rings is 1. The smallest absolute Gasteiger partial charge is 0.104 e. The highest BCUT2D eigenvalue weighted by Gasteiger charge is 2.37. The van der Waals surface area contributed by atoms with Crippen molar-refractivity contribution in [2.45, 2.75) is 31.3 Å². The van der Waals surface area contributed by atoms with Crippen LogP contribution < -0.4 is 10.6 Å². The van der Waals surface area contributed by atoms with Crippen molar-refractivity contribution in [2.24, 2.45) is 10.7 Å². The van der Waals surface area contributed by atoms with Gasteiger partial charge in [0.25, 0.3) is 0 Å². The molecule has 3 aromatic rings. The molecule has 0 spiro atoms. The Bertz CT molecular complexity index is 1250. The van der Waals surface area contributed by atoms with Crippen molar-refractivity contribution in [1.82, 2.24) is 19.8 Å². The Kier molecular flexibility index (Phi) is 4.42. The summed E-state index contributed by atoms with van der Waals surface area (Å²) in [6.07, 6.45) is 5.56. The van der Waals surface area contributed by atoms with Gasteiger partial charge in [0.05, 0.1) is 34.3 Å². The number of nitrogens with two attached hydrogens (primary N) is 1. The lowest BCUT2D eigenvalue weighted by atomic mass is 10.0. The van der Waals surface area contributed by atoms with Gasteiger partial charge in [0.15, 0.2) is 0 Å². The molecule has 3 fully saturated rings. The van der Waals surface area contributed by atoms with Crippen molar-refractivity contribution in [3.8, 4) is 11.3 Å². The first-order chi connectivity index (χ1) is 16.2. The summed E-state index contributed by atoms with van der Waals surface area (Å²) in [5.41, 5.74) is 13.1. The van der Waals surface area contributed by atoms with Gasteiger partial charge in [0.1, 0.15) is 5.84 Å². The Morgan fingerprint density at radius 2 is 1.64 bits per heavy atom. The highest BCUT2D eigenvalue weighted by Crippen LogP contribution is 2.33. The fraction of sp³-hybridized carbons (Fsp3) is 0.423. The van der Waals surface area contributed by atoms with Crippen LogP contribution in [0.4, 0.5) is 11.4 Å². The minimum Gasteiger partial charge on any atom is -0.387 e. The Hall–Kier alpha value is -3.03. The first kappa shape index (κ1) is 19.4. The van der Waals surface area contributed by atoms with E-state index in [2.05, 4.69) is 50.0 Å². The van der Waals surface area contributed by atoms with Crippen LogP contribution in [-0.2, 0) is 6.42 Å². The normalized spacial score (nSPS) is 21.8. The number of anilines is 1. The van der Waals surface area contributed by atoms with Crippen LogP contribution in [0.1, 0.15) is 18.4 Å². The molecule has 33 heavy (non-hydrogen) atoms. The zero-order valence-electron chi connectivity index (χ0n) is 18.8. The molecule has 0 bridgehead atoms. The van der Waals surface area contributed by atoms with Crippen molar-refractivity contribution in [3.63, 3.8) is 0 Å². The van der Waals surface area contributed by atoms with Gasteiger partial charge in [-0.3, -0.25) is 14.8 Å². The van der Waals surface area contributed by atoms with Gasteiger partial charge < -0.3 is 10.6 Å². The molecule has 0 radical (unpaired) electrons. The Morgan fingerprint density at radius 1 is 0.848 bits per heavy atom. The van der Waals surface area contributed by atoms with Crippen LogP contribution in [-0.4, -0.2) is 77.0 Å². The summed E-state index contributed by atoms with van der Waals surface area (Å²) in [5.74, 6) is 0.681. The van der Waals surface area contributed by atoms with E-state index < -0.39 is 0 Å². The quantitative estimate of drug-likeness (QED) is 0.674. The van der Waals surface area contributed by atoms with Gasteiger partial charge in [-0.25, -0.2) is 9.98 Å². The third kappa shape index (κ3) is 3.56. The van der Waals surface area contributed by atoms with Crippen LogP contribution in [0.5, 0.6) is 0 Å². The number of benzene rings is 1. The molecule has 0 amide bonds. The topological polar surface area (TPSA) is 73.9 Å². The zero-order chi connectivity index (χ0) is 21.9. The summed E-state index contributed by atoms with van der Waals surface area (Å²) in [4.78, 5) is 21.9. The molecular weight excluding hydrogens is 410 g/mol. The number of nitrogens with zero attached hydrogens (tertiary/aromatic N) is 6. The monoisotopic (exact) mass is 439 g/mol. The molecule has 7 heteroatoms. The molecular formula is C26H29N7. The molecule has 0 unspecified atom stereocenters. The molecule has 2 N–H and O–H groups in total. The number of hydrogen-bond donors (Lipinski definition) is 1. The van der Waals surface area contributed by atoms with E-state index in [0.717, 1.165) is 53.5 Å². The molecule has 7 rings (SSSR count). The Morgan fingerprint density at radius 3 is 2.42 bits per heavy atom. The van der Waals surface area contributed by atoms with E-state index in [4.69, 9.17) is 15.7 Å². The maximum absolute atomic E-state index is 5.91. The number of aromatic nitrogens is 2. The summed E-state index contributed by atoms with van der Waals surface area (Å²) < 4.78 is 0. The van der Waals surface area contributed by atoms with Crippen molar-refractivity contribution in [1.29, 1.82) is 0 Å². The molecule has 168 valence electrons. The highest BCUT2D eigenvalue weighted by atomic mass is 15.4. The molecule has 1 saturated carbocycles. The van der Waals surface area contributed by atoms with E-state index in [9.17, 15) is 0 Å². The molecule has 7 nitrogen and oxygen atoms in total. The number of amidine groups is 1. The van der Waals surface area contributed by atoms with E-state index in [-0.39, 0.29) is 0 Å².